The Labute approximate surface area is 158 Å². The number of aromatic nitrogens is 6. The van der Waals surface area contributed by atoms with Gasteiger partial charge in [0.1, 0.15) is 25.0 Å². The number of rotatable bonds is 6. The second-order valence-electron chi connectivity index (χ2n) is 6.85. The number of piperidine rings is 1. The number of nitrogens with zero attached hydrogens (tertiary/aromatic N) is 7. The molecule has 1 saturated heterocycles. The van der Waals surface area contributed by atoms with Crippen molar-refractivity contribution in [3.05, 3.63) is 24.3 Å². The van der Waals surface area contributed by atoms with E-state index in [4.69, 9.17) is 0 Å². The van der Waals surface area contributed by atoms with E-state index in [0.29, 0.717) is 25.0 Å². The summed E-state index contributed by atoms with van der Waals surface area (Å²) in [7, 11) is 1.80. The molecule has 1 aliphatic carbocycles. The highest BCUT2D eigenvalue weighted by atomic mass is 35.5. The van der Waals surface area contributed by atoms with Gasteiger partial charge in [0.15, 0.2) is 5.82 Å². The fourth-order valence-electron chi connectivity index (χ4n) is 3.56. The number of carbonyl (C=O) groups is 1. The molecule has 2 aromatic heterocycles. The van der Waals surface area contributed by atoms with Crippen LogP contribution in [0.15, 0.2) is 12.7 Å². The Morgan fingerprint density at radius 1 is 1.23 bits per heavy atom. The van der Waals surface area contributed by atoms with Crippen molar-refractivity contribution >= 4 is 18.3 Å². The van der Waals surface area contributed by atoms with E-state index in [1.807, 2.05) is 4.90 Å². The van der Waals surface area contributed by atoms with E-state index in [-0.39, 0.29) is 18.3 Å². The molecule has 10 heteroatoms. The van der Waals surface area contributed by atoms with Crippen molar-refractivity contribution in [1.29, 1.82) is 0 Å². The Morgan fingerprint density at radius 2 is 2.00 bits per heavy atom. The summed E-state index contributed by atoms with van der Waals surface area (Å²) < 4.78 is 4.10. The zero-order chi connectivity index (χ0) is 17.2. The predicted molar refractivity (Wildman–Crippen MR) is 97.1 cm³/mol. The Balaban J connectivity index is 0.00000196. The summed E-state index contributed by atoms with van der Waals surface area (Å²) >= 11 is 0. The number of carbonyl (C=O) groups excluding carboxylic acids is 1. The molecule has 0 radical (unpaired) electrons. The lowest BCUT2D eigenvalue weighted by Gasteiger charge is -2.31. The maximum atomic E-state index is 12.0. The topological polar surface area (TPSA) is 93.8 Å². The number of likely N-dealkylation sites (N-methyl/N-ethyl adjacent to an activating group) is 1. The lowest BCUT2D eigenvalue weighted by molar-refractivity contribution is -0.131. The first-order chi connectivity index (χ1) is 12.3. The van der Waals surface area contributed by atoms with Gasteiger partial charge in [-0.05, 0) is 32.7 Å². The predicted octanol–water partition coefficient (Wildman–Crippen LogP) is 0.600. The number of amides is 1. The molecule has 26 heavy (non-hydrogen) atoms. The second-order valence-corrected chi connectivity index (χ2v) is 6.85. The maximum Gasteiger partial charge on any atom is 0.236 e. The SMILES string of the molecule is CNCC(=O)N1CCC(c2nnc(Cn3cncn3)n2C2CC2)CC1.Cl. The normalized spacial score (nSPS) is 18.0. The van der Waals surface area contributed by atoms with Gasteiger partial charge in [-0.1, -0.05) is 0 Å². The third-order valence-corrected chi connectivity index (χ3v) is 5.02. The van der Waals surface area contributed by atoms with Gasteiger partial charge in [0, 0.05) is 25.0 Å². The molecule has 9 nitrogen and oxygen atoms in total. The molecule has 1 saturated carbocycles. The van der Waals surface area contributed by atoms with E-state index in [0.717, 1.165) is 37.6 Å². The Bertz CT molecular complexity index is 719. The maximum absolute atomic E-state index is 12.0. The number of hydrogen-bond donors (Lipinski definition) is 1. The molecule has 0 aromatic carbocycles. The molecule has 1 N–H and O–H groups in total. The first-order valence-corrected chi connectivity index (χ1v) is 8.94. The minimum atomic E-state index is 0. The summed E-state index contributed by atoms with van der Waals surface area (Å²) in [6.45, 7) is 2.59. The van der Waals surface area contributed by atoms with E-state index >= 15 is 0 Å². The molecule has 0 spiro atoms. The lowest BCUT2D eigenvalue weighted by Crippen LogP contribution is -2.42. The molecule has 0 unspecified atom stereocenters. The summed E-state index contributed by atoms with van der Waals surface area (Å²) in [6, 6.07) is 0.521. The summed E-state index contributed by atoms with van der Waals surface area (Å²) in [6.07, 6.45) is 7.52. The highest BCUT2D eigenvalue weighted by molar-refractivity contribution is 5.85. The van der Waals surface area contributed by atoms with Gasteiger partial charge >= 0.3 is 0 Å². The molecule has 4 rings (SSSR count). The van der Waals surface area contributed by atoms with Crippen LogP contribution in [0.4, 0.5) is 0 Å². The van der Waals surface area contributed by atoms with Crippen molar-refractivity contribution < 1.29 is 4.79 Å². The molecule has 142 valence electrons. The van der Waals surface area contributed by atoms with Crippen LogP contribution in [0, 0.1) is 0 Å². The third kappa shape index (κ3) is 3.88. The van der Waals surface area contributed by atoms with Crippen molar-refractivity contribution in [2.24, 2.45) is 0 Å². The van der Waals surface area contributed by atoms with Crippen LogP contribution in [0.1, 0.15) is 49.3 Å². The quantitative estimate of drug-likeness (QED) is 0.788. The Morgan fingerprint density at radius 3 is 2.62 bits per heavy atom. The summed E-state index contributed by atoms with van der Waals surface area (Å²) in [5.41, 5.74) is 0. The van der Waals surface area contributed by atoms with Gasteiger partial charge in [-0.25, -0.2) is 9.67 Å². The molecule has 2 fully saturated rings. The third-order valence-electron chi connectivity index (χ3n) is 5.02. The van der Waals surface area contributed by atoms with E-state index in [2.05, 4.69) is 30.2 Å². The fraction of sp³-hybridized carbons (Fsp3) is 0.688. The lowest BCUT2D eigenvalue weighted by atomic mass is 9.95. The van der Waals surface area contributed by atoms with Crippen LogP contribution in [0.25, 0.3) is 0 Å². The minimum absolute atomic E-state index is 0. The van der Waals surface area contributed by atoms with Crippen molar-refractivity contribution in [2.45, 2.75) is 44.2 Å². The number of hydrogen-bond acceptors (Lipinski definition) is 6. The van der Waals surface area contributed by atoms with Gasteiger partial charge in [0.2, 0.25) is 5.91 Å². The fourth-order valence-corrected chi connectivity index (χ4v) is 3.56. The smallest absolute Gasteiger partial charge is 0.236 e. The highest BCUT2D eigenvalue weighted by Gasteiger charge is 2.34. The number of likely N-dealkylation sites (tertiary alicyclic amines) is 1. The zero-order valence-corrected chi connectivity index (χ0v) is 15.7. The van der Waals surface area contributed by atoms with E-state index in [1.54, 1.807) is 18.1 Å². The van der Waals surface area contributed by atoms with E-state index in [1.165, 1.54) is 19.2 Å². The summed E-state index contributed by atoms with van der Waals surface area (Å²) in [5.74, 6) is 2.59. The van der Waals surface area contributed by atoms with Gasteiger partial charge < -0.3 is 14.8 Å². The van der Waals surface area contributed by atoms with Crippen molar-refractivity contribution in [2.75, 3.05) is 26.7 Å². The van der Waals surface area contributed by atoms with Crippen LogP contribution >= 0.6 is 12.4 Å². The molecular formula is C16H25ClN8O. The first kappa shape index (κ1) is 18.8. The van der Waals surface area contributed by atoms with E-state index in [9.17, 15) is 4.79 Å². The van der Waals surface area contributed by atoms with Crippen LogP contribution in [0.3, 0.4) is 0 Å². The minimum Gasteiger partial charge on any atom is -0.342 e. The zero-order valence-electron chi connectivity index (χ0n) is 14.9. The second kappa shape index (κ2) is 8.13. The van der Waals surface area contributed by atoms with Gasteiger partial charge in [-0.2, -0.15) is 5.10 Å². The van der Waals surface area contributed by atoms with Crippen LogP contribution in [-0.2, 0) is 11.3 Å². The summed E-state index contributed by atoms with van der Waals surface area (Å²) in [5, 5.41) is 16.1. The largest absolute Gasteiger partial charge is 0.342 e. The van der Waals surface area contributed by atoms with Gasteiger partial charge in [0.05, 0.1) is 6.54 Å². The molecule has 2 aliphatic rings. The summed E-state index contributed by atoms with van der Waals surface area (Å²) in [4.78, 5) is 18.0. The van der Waals surface area contributed by atoms with Gasteiger partial charge in [0.25, 0.3) is 0 Å². The van der Waals surface area contributed by atoms with Gasteiger partial charge in [-0.15, -0.1) is 22.6 Å². The van der Waals surface area contributed by atoms with Crippen molar-refractivity contribution in [1.82, 2.24) is 39.7 Å². The number of nitrogens with one attached hydrogen (secondary N) is 1. The first-order valence-electron chi connectivity index (χ1n) is 8.94. The Kier molecular flexibility index (Phi) is 5.87. The van der Waals surface area contributed by atoms with Gasteiger partial charge in [-0.3, -0.25) is 4.79 Å². The molecule has 2 aromatic rings. The van der Waals surface area contributed by atoms with Crippen LogP contribution in [-0.4, -0.2) is 67.0 Å². The average Bonchev–Trinajstić information content (AvgIpc) is 3.17. The molecule has 1 amide bonds. The molecule has 3 heterocycles. The standard InChI is InChI=1S/C16H24N8O.ClH/c1-17-8-15(25)22-6-4-12(5-7-22)16-21-20-14(24(16)13-2-3-13)9-23-11-18-10-19-23;/h10-13,17H,2-9H2,1H3;1H. The Hall–Kier alpha value is -2.00. The van der Waals surface area contributed by atoms with Crippen LogP contribution < -0.4 is 5.32 Å². The van der Waals surface area contributed by atoms with Crippen LogP contribution in [0.2, 0.25) is 0 Å². The van der Waals surface area contributed by atoms with Crippen LogP contribution in [0.5, 0.6) is 0 Å². The molecule has 0 atom stereocenters. The van der Waals surface area contributed by atoms with E-state index < -0.39 is 0 Å². The highest BCUT2D eigenvalue weighted by Crippen LogP contribution is 2.39. The molecular weight excluding hydrogens is 356 g/mol. The van der Waals surface area contributed by atoms with Crippen molar-refractivity contribution in [3.8, 4) is 0 Å². The molecule has 1 aliphatic heterocycles. The average molecular weight is 381 g/mol. The monoisotopic (exact) mass is 380 g/mol. The molecule has 0 bridgehead atoms. The number of halogens is 1. The van der Waals surface area contributed by atoms with Crippen molar-refractivity contribution in [3.63, 3.8) is 0 Å².